The largest absolute Gasteiger partial charge is 0.385 e. The van der Waals surface area contributed by atoms with Crippen LogP contribution in [0.5, 0.6) is 0 Å². The topological polar surface area (TPSA) is 30.5 Å². The zero-order valence-corrected chi connectivity index (χ0v) is 10.6. The quantitative estimate of drug-likeness (QED) is 0.537. The summed E-state index contributed by atoms with van der Waals surface area (Å²) in [5.41, 5.74) is 0. The van der Waals surface area contributed by atoms with E-state index >= 15 is 0 Å². The highest BCUT2D eigenvalue weighted by Crippen LogP contribution is 1.98. The highest BCUT2D eigenvalue weighted by atomic mass is 16.5. The molecule has 1 N–H and O–H groups in total. The van der Waals surface area contributed by atoms with Gasteiger partial charge in [0.05, 0.1) is 6.61 Å². The molecule has 0 saturated carbocycles. The van der Waals surface area contributed by atoms with E-state index in [1.807, 2.05) is 0 Å². The van der Waals surface area contributed by atoms with Crippen molar-refractivity contribution in [2.45, 2.75) is 33.1 Å². The van der Waals surface area contributed by atoms with Crippen molar-refractivity contribution in [3.63, 3.8) is 0 Å². The van der Waals surface area contributed by atoms with Gasteiger partial charge in [-0.3, -0.25) is 0 Å². The molecule has 0 fully saturated rings. The van der Waals surface area contributed by atoms with Crippen LogP contribution in [-0.4, -0.2) is 40.0 Å². The molecule has 0 aromatic rings. The van der Waals surface area contributed by atoms with E-state index in [1.165, 1.54) is 6.42 Å². The van der Waals surface area contributed by atoms with E-state index in [-0.39, 0.29) is 0 Å². The van der Waals surface area contributed by atoms with Crippen LogP contribution < -0.4 is 5.32 Å². The van der Waals surface area contributed by atoms with Gasteiger partial charge in [0.25, 0.3) is 0 Å². The van der Waals surface area contributed by atoms with E-state index in [0.29, 0.717) is 0 Å². The Balaban J connectivity index is 2.87. The van der Waals surface area contributed by atoms with Gasteiger partial charge in [-0.15, -0.1) is 0 Å². The van der Waals surface area contributed by atoms with Gasteiger partial charge < -0.3 is 14.8 Å². The first-order chi connectivity index (χ1) is 7.27. The Morgan fingerprint density at radius 3 is 2.47 bits per heavy atom. The molecule has 0 aliphatic heterocycles. The molecule has 15 heavy (non-hydrogen) atoms. The number of methoxy groups -OCH3 is 1. The number of hydrogen-bond donors (Lipinski definition) is 1. The third-order valence-electron chi connectivity index (χ3n) is 2.21. The van der Waals surface area contributed by atoms with Crippen molar-refractivity contribution in [3.8, 4) is 0 Å². The summed E-state index contributed by atoms with van der Waals surface area (Å²) in [6.45, 7) is 9.06. The molecule has 0 heterocycles. The maximum absolute atomic E-state index is 5.48. The Kier molecular flexibility index (Phi) is 11.9. The lowest BCUT2D eigenvalue weighted by molar-refractivity contribution is 0.125. The zero-order valence-electron chi connectivity index (χ0n) is 10.6. The van der Waals surface area contributed by atoms with Gasteiger partial charge in [0.1, 0.15) is 0 Å². The minimum Gasteiger partial charge on any atom is -0.385 e. The lowest BCUT2D eigenvalue weighted by Gasteiger charge is -2.07. The van der Waals surface area contributed by atoms with E-state index in [1.54, 1.807) is 7.11 Å². The molecule has 0 unspecified atom stereocenters. The van der Waals surface area contributed by atoms with Crippen LogP contribution in [0, 0.1) is 5.92 Å². The first-order valence-corrected chi connectivity index (χ1v) is 6.04. The number of nitrogens with one attached hydrogen (secondary N) is 1. The van der Waals surface area contributed by atoms with Gasteiger partial charge in [-0.2, -0.15) is 0 Å². The van der Waals surface area contributed by atoms with Gasteiger partial charge in [0, 0.05) is 26.9 Å². The molecule has 0 aromatic carbocycles. The van der Waals surface area contributed by atoms with Crippen molar-refractivity contribution < 1.29 is 9.47 Å². The van der Waals surface area contributed by atoms with Gasteiger partial charge >= 0.3 is 0 Å². The summed E-state index contributed by atoms with van der Waals surface area (Å²) in [5, 5.41) is 3.35. The average molecular weight is 217 g/mol. The Bertz CT molecular complexity index is 118. The van der Waals surface area contributed by atoms with Gasteiger partial charge in [-0.1, -0.05) is 13.8 Å². The smallest absolute Gasteiger partial charge is 0.0590 e. The van der Waals surface area contributed by atoms with E-state index < -0.39 is 0 Å². The molecule has 0 aliphatic carbocycles. The SMILES string of the molecule is COCCCCNCCOCCC(C)C. The molecule has 0 aliphatic rings. The molecule has 0 aromatic heterocycles. The van der Waals surface area contributed by atoms with Crippen LogP contribution in [0.4, 0.5) is 0 Å². The molecular weight excluding hydrogens is 190 g/mol. The van der Waals surface area contributed by atoms with E-state index in [0.717, 1.165) is 51.7 Å². The van der Waals surface area contributed by atoms with Crippen molar-refractivity contribution in [1.82, 2.24) is 5.32 Å². The van der Waals surface area contributed by atoms with Crippen LogP contribution >= 0.6 is 0 Å². The summed E-state index contributed by atoms with van der Waals surface area (Å²) in [6, 6.07) is 0. The predicted molar refractivity (Wildman–Crippen MR) is 64.3 cm³/mol. The molecule has 0 saturated heterocycles. The fourth-order valence-electron chi connectivity index (χ4n) is 1.19. The summed E-state index contributed by atoms with van der Waals surface area (Å²) in [5.74, 6) is 0.743. The van der Waals surface area contributed by atoms with Crippen molar-refractivity contribution in [2.75, 3.05) is 40.0 Å². The minimum atomic E-state index is 0.743. The molecule has 0 amide bonds. The van der Waals surface area contributed by atoms with Gasteiger partial charge in [-0.25, -0.2) is 0 Å². The van der Waals surface area contributed by atoms with Crippen molar-refractivity contribution in [2.24, 2.45) is 5.92 Å². The molecular formula is C12H27NO2. The van der Waals surface area contributed by atoms with Crippen LogP contribution in [0.25, 0.3) is 0 Å². The summed E-state index contributed by atoms with van der Waals surface area (Å²) in [7, 11) is 1.75. The molecule has 0 radical (unpaired) electrons. The standard InChI is InChI=1S/C12H27NO2/c1-12(2)6-10-15-11-8-13-7-4-5-9-14-3/h12-13H,4-11H2,1-3H3. The second kappa shape index (κ2) is 12.0. The second-order valence-electron chi connectivity index (χ2n) is 4.24. The normalized spacial score (nSPS) is 11.2. The molecule has 0 bridgehead atoms. The number of rotatable bonds is 11. The minimum absolute atomic E-state index is 0.743. The number of ether oxygens (including phenoxy) is 2. The number of unbranched alkanes of at least 4 members (excludes halogenated alkanes) is 1. The second-order valence-corrected chi connectivity index (χ2v) is 4.24. The van der Waals surface area contributed by atoms with Crippen LogP contribution in [-0.2, 0) is 9.47 Å². The third kappa shape index (κ3) is 13.9. The highest BCUT2D eigenvalue weighted by Gasteiger charge is 1.93. The van der Waals surface area contributed by atoms with Crippen molar-refractivity contribution >= 4 is 0 Å². The fourth-order valence-corrected chi connectivity index (χ4v) is 1.19. The number of hydrogen-bond acceptors (Lipinski definition) is 3. The summed E-state index contributed by atoms with van der Waals surface area (Å²) in [4.78, 5) is 0. The Hall–Kier alpha value is -0.120. The molecule has 92 valence electrons. The summed E-state index contributed by atoms with van der Waals surface area (Å²) < 4.78 is 10.5. The highest BCUT2D eigenvalue weighted by molar-refractivity contribution is 4.48. The first kappa shape index (κ1) is 14.9. The lowest BCUT2D eigenvalue weighted by atomic mass is 10.1. The Morgan fingerprint density at radius 1 is 1.00 bits per heavy atom. The Morgan fingerprint density at radius 2 is 1.80 bits per heavy atom. The van der Waals surface area contributed by atoms with Crippen LogP contribution in [0.1, 0.15) is 33.1 Å². The van der Waals surface area contributed by atoms with E-state index in [9.17, 15) is 0 Å². The van der Waals surface area contributed by atoms with Crippen molar-refractivity contribution in [1.29, 1.82) is 0 Å². The molecule has 0 atom stereocenters. The van der Waals surface area contributed by atoms with E-state index in [2.05, 4.69) is 19.2 Å². The van der Waals surface area contributed by atoms with Crippen LogP contribution in [0.2, 0.25) is 0 Å². The predicted octanol–water partition coefficient (Wildman–Crippen LogP) is 2.07. The van der Waals surface area contributed by atoms with Gasteiger partial charge in [0.2, 0.25) is 0 Å². The maximum atomic E-state index is 5.48. The first-order valence-electron chi connectivity index (χ1n) is 6.04. The zero-order chi connectivity index (χ0) is 11.4. The molecule has 0 spiro atoms. The summed E-state index contributed by atoms with van der Waals surface area (Å²) >= 11 is 0. The van der Waals surface area contributed by atoms with Crippen molar-refractivity contribution in [3.05, 3.63) is 0 Å². The summed E-state index contributed by atoms with van der Waals surface area (Å²) in [6.07, 6.45) is 3.48. The third-order valence-corrected chi connectivity index (χ3v) is 2.21. The molecule has 3 nitrogen and oxygen atoms in total. The maximum Gasteiger partial charge on any atom is 0.0590 e. The van der Waals surface area contributed by atoms with Gasteiger partial charge in [-0.05, 0) is 31.7 Å². The van der Waals surface area contributed by atoms with Crippen LogP contribution in [0.3, 0.4) is 0 Å². The lowest BCUT2D eigenvalue weighted by Crippen LogP contribution is -2.21. The van der Waals surface area contributed by atoms with Gasteiger partial charge in [0.15, 0.2) is 0 Å². The monoisotopic (exact) mass is 217 g/mol. The van der Waals surface area contributed by atoms with Crippen LogP contribution in [0.15, 0.2) is 0 Å². The molecule has 0 rings (SSSR count). The fraction of sp³-hybridized carbons (Fsp3) is 1.00. The molecule has 3 heteroatoms. The average Bonchev–Trinajstić information content (AvgIpc) is 2.20. The van der Waals surface area contributed by atoms with E-state index in [4.69, 9.17) is 9.47 Å². The Labute approximate surface area is 94.5 Å².